The van der Waals surface area contributed by atoms with Gasteiger partial charge in [-0.2, -0.15) is 5.10 Å². The van der Waals surface area contributed by atoms with Gasteiger partial charge in [-0.1, -0.05) is 0 Å². The van der Waals surface area contributed by atoms with Gasteiger partial charge in [0, 0.05) is 52.6 Å². The van der Waals surface area contributed by atoms with Crippen molar-refractivity contribution in [2.45, 2.75) is 25.8 Å². The molecule has 1 aromatic heterocycles. The Balaban J connectivity index is 1.60. The van der Waals surface area contributed by atoms with Crippen LogP contribution in [0.3, 0.4) is 0 Å². The highest BCUT2D eigenvalue weighted by Crippen LogP contribution is 2.18. The molecule has 1 aromatic rings. The van der Waals surface area contributed by atoms with Crippen molar-refractivity contribution in [3.63, 3.8) is 0 Å². The molecular formula is C19H33N7O2. The maximum Gasteiger partial charge on any atom is 0.246 e. The van der Waals surface area contributed by atoms with Crippen molar-refractivity contribution in [1.29, 1.82) is 0 Å². The Morgan fingerprint density at radius 3 is 2.93 bits per heavy atom. The fourth-order valence-corrected chi connectivity index (χ4v) is 3.90. The van der Waals surface area contributed by atoms with Crippen LogP contribution in [0.2, 0.25) is 0 Å². The van der Waals surface area contributed by atoms with Gasteiger partial charge >= 0.3 is 0 Å². The highest BCUT2D eigenvalue weighted by molar-refractivity contribution is 5.98. The minimum atomic E-state index is 0.0763. The standard InChI is InChI=1S/C19H33N7O2/c1-4-20-19(21-12-16-6-5-7-24(16)10-11-28-3)25-8-9-26(18(27)15-25)17-13-22-23(2)14-17/h13-14,16H,4-12,15H2,1-3H3,(H,20,21). The molecule has 0 aliphatic carbocycles. The van der Waals surface area contributed by atoms with E-state index in [-0.39, 0.29) is 5.91 Å². The average Bonchev–Trinajstić information content (AvgIpc) is 3.32. The number of piperazine rings is 1. The normalized spacial score (nSPS) is 21.6. The quantitative estimate of drug-likeness (QED) is 0.526. The fraction of sp³-hybridized carbons (Fsp3) is 0.737. The number of carbonyl (C=O) groups excluding carboxylic acids is 1. The Morgan fingerprint density at radius 1 is 1.39 bits per heavy atom. The molecule has 0 aromatic carbocycles. The number of ether oxygens (including phenoxy) is 1. The summed E-state index contributed by atoms with van der Waals surface area (Å²) >= 11 is 0. The van der Waals surface area contributed by atoms with E-state index in [0.717, 1.165) is 51.0 Å². The number of anilines is 1. The van der Waals surface area contributed by atoms with E-state index in [1.807, 2.05) is 13.2 Å². The molecule has 9 heteroatoms. The SMILES string of the molecule is CCNC(=NCC1CCCN1CCOC)N1CCN(c2cnn(C)c2)C(=O)C1. The first-order valence-corrected chi connectivity index (χ1v) is 10.2. The van der Waals surface area contributed by atoms with E-state index < -0.39 is 0 Å². The molecular weight excluding hydrogens is 358 g/mol. The zero-order chi connectivity index (χ0) is 19.9. The van der Waals surface area contributed by atoms with E-state index in [4.69, 9.17) is 9.73 Å². The smallest absolute Gasteiger partial charge is 0.246 e. The van der Waals surface area contributed by atoms with Gasteiger partial charge in [0.1, 0.15) is 6.54 Å². The molecule has 3 heterocycles. The van der Waals surface area contributed by atoms with E-state index in [2.05, 4.69) is 27.1 Å². The molecule has 156 valence electrons. The van der Waals surface area contributed by atoms with Gasteiger partial charge in [0.25, 0.3) is 0 Å². The van der Waals surface area contributed by atoms with Gasteiger partial charge < -0.3 is 19.9 Å². The molecule has 9 nitrogen and oxygen atoms in total. The summed E-state index contributed by atoms with van der Waals surface area (Å²) in [6.45, 7) is 8.14. The molecule has 1 N–H and O–H groups in total. The second-order valence-corrected chi connectivity index (χ2v) is 7.36. The van der Waals surface area contributed by atoms with Gasteiger partial charge in [-0.15, -0.1) is 0 Å². The number of hydrogen-bond acceptors (Lipinski definition) is 5. The Labute approximate surface area is 167 Å². The van der Waals surface area contributed by atoms with Gasteiger partial charge in [0.05, 0.1) is 25.0 Å². The number of guanidine groups is 1. The number of carbonyl (C=O) groups is 1. The highest BCUT2D eigenvalue weighted by Gasteiger charge is 2.28. The summed E-state index contributed by atoms with van der Waals surface area (Å²) in [5.74, 6) is 0.910. The molecule has 0 saturated carbocycles. The average molecular weight is 392 g/mol. The number of nitrogens with one attached hydrogen (secondary N) is 1. The zero-order valence-electron chi connectivity index (χ0n) is 17.3. The number of nitrogens with zero attached hydrogens (tertiary/aromatic N) is 6. The van der Waals surface area contributed by atoms with Gasteiger partial charge in [-0.25, -0.2) is 0 Å². The molecule has 0 spiro atoms. The second-order valence-electron chi connectivity index (χ2n) is 7.36. The summed E-state index contributed by atoms with van der Waals surface area (Å²) in [4.78, 5) is 23.9. The maximum atomic E-state index is 12.7. The number of rotatable bonds is 7. The first kappa shape index (κ1) is 20.6. The number of amides is 1. The van der Waals surface area contributed by atoms with Crippen LogP contribution in [0, 0.1) is 0 Å². The van der Waals surface area contributed by atoms with E-state index in [9.17, 15) is 4.79 Å². The number of methoxy groups -OCH3 is 1. The van der Waals surface area contributed by atoms with Crippen LogP contribution in [-0.2, 0) is 16.6 Å². The predicted octanol–water partition coefficient (Wildman–Crippen LogP) is 0.145. The molecule has 2 aliphatic rings. The lowest BCUT2D eigenvalue weighted by Gasteiger charge is -2.35. The number of aliphatic imine (C=N–C) groups is 1. The maximum absolute atomic E-state index is 12.7. The van der Waals surface area contributed by atoms with Crippen LogP contribution < -0.4 is 10.2 Å². The summed E-state index contributed by atoms with van der Waals surface area (Å²) in [6, 6.07) is 0.455. The van der Waals surface area contributed by atoms with Crippen LogP contribution in [0.1, 0.15) is 19.8 Å². The van der Waals surface area contributed by atoms with Crippen molar-refractivity contribution >= 4 is 17.6 Å². The first-order valence-electron chi connectivity index (χ1n) is 10.2. The van der Waals surface area contributed by atoms with Crippen molar-refractivity contribution in [3.05, 3.63) is 12.4 Å². The predicted molar refractivity (Wildman–Crippen MR) is 110 cm³/mol. The summed E-state index contributed by atoms with van der Waals surface area (Å²) in [6.07, 6.45) is 5.99. The van der Waals surface area contributed by atoms with Crippen molar-refractivity contribution in [2.24, 2.45) is 12.0 Å². The van der Waals surface area contributed by atoms with Crippen molar-refractivity contribution in [1.82, 2.24) is 24.9 Å². The monoisotopic (exact) mass is 391 g/mol. The third-order valence-corrected chi connectivity index (χ3v) is 5.39. The summed E-state index contributed by atoms with van der Waals surface area (Å²) in [5.41, 5.74) is 0.855. The number of aryl methyl sites for hydroxylation is 1. The summed E-state index contributed by atoms with van der Waals surface area (Å²) < 4.78 is 6.94. The van der Waals surface area contributed by atoms with Crippen LogP contribution in [0.25, 0.3) is 0 Å². The van der Waals surface area contributed by atoms with E-state index in [1.54, 1.807) is 22.9 Å². The van der Waals surface area contributed by atoms with Crippen molar-refractivity contribution in [2.75, 3.05) is 64.4 Å². The fourth-order valence-electron chi connectivity index (χ4n) is 3.90. The van der Waals surface area contributed by atoms with Gasteiger partial charge in [-0.05, 0) is 26.3 Å². The Hall–Kier alpha value is -2.13. The van der Waals surface area contributed by atoms with Crippen molar-refractivity contribution < 1.29 is 9.53 Å². The molecule has 3 rings (SSSR count). The molecule has 1 atom stereocenters. The third kappa shape index (κ3) is 5.02. The highest BCUT2D eigenvalue weighted by atomic mass is 16.5. The first-order chi connectivity index (χ1) is 13.6. The molecule has 2 fully saturated rings. The van der Waals surface area contributed by atoms with Gasteiger partial charge in [0.15, 0.2) is 5.96 Å². The van der Waals surface area contributed by atoms with Gasteiger partial charge in [-0.3, -0.25) is 19.4 Å². The Bertz CT molecular complexity index is 675. The topological polar surface area (TPSA) is 78.2 Å². The number of hydrogen-bond donors (Lipinski definition) is 1. The molecule has 28 heavy (non-hydrogen) atoms. The van der Waals surface area contributed by atoms with Crippen LogP contribution in [0.4, 0.5) is 5.69 Å². The minimum absolute atomic E-state index is 0.0763. The molecule has 1 unspecified atom stereocenters. The largest absolute Gasteiger partial charge is 0.383 e. The van der Waals surface area contributed by atoms with E-state index >= 15 is 0 Å². The number of likely N-dealkylation sites (tertiary alicyclic amines) is 1. The second kappa shape index (κ2) is 9.88. The molecule has 2 aliphatic heterocycles. The lowest BCUT2D eigenvalue weighted by atomic mass is 10.2. The van der Waals surface area contributed by atoms with Crippen LogP contribution in [0.5, 0.6) is 0 Å². The molecule has 1 amide bonds. The molecule has 0 bridgehead atoms. The summed E-state index contributed by atoms with van der Waals surface area (Å²) in [5, 5.41) is 7.53. The van der Waals surface area contributed by atoms with Crippen LogP contribution >= 0.6 is 0 Å². The van der Waals surface area contributed by atoms with Crippen molar-refractivity contribution in [3.8, 4) is 0 Å². The van der Waals surface area contributed by atoms with Crippen LogP contribution in [0.15, 0.2) is 17.4 Å². The minimum Gasteiger partial charge on any atom is -0.383 e. The van der Waals surface area contributed by atoms with Crippen LogP contribution in [-0.4, -0.2) is 97.0 Å². The lowest BCUT2D eigenvalue weighted by molar-refractivity contribution is -0.120. The molecule has 2 saturated heterocycles. The third-order valence-electron chi connectivity index (χ3n) is 5.39. The lowest BCUT2D eigenvalue weighted by Crippen LogP contribution is -2.55. The summed E-state index contributed by atoms with van der Waals surface area (Å²) in [7, 11) is 3.60. The molecule has 0 radical (unpaired) electrons. The van der Waals surface area contributed by atoms with E-state index in [0.29, 0.717) is 19.1 Å². The Kier molecular flexibility index (Phi) is 7.27. The Morgan fingerprint density at radius 2 is 2.25 bits per heavy atom. The zero-order valence-corrected chi connectivity index (χ0v) is 17.3. The van der Waals surface area contributed by atoms with Gasteiger partial charge in [0.2, 0.25) is 5.91 Å². The van der Waals surface area contributed by atoms with E-state index in [1.165, 1.54) is 12.8 Å². The number of aromatic nitrogens is 2.